The van der Waals surface area contributed by atoms with Crippen LogP contribution < -0.4 is 14.8 Å². The number of carboxylic acid groups (broad SMARTS) is 1. The van der Waals surface area contributed by atoms with Crippen LogP contribution in [-0.4, -0.2) is 50.1 Å². The van der Waals surface area contributed by atoms with Crippen molar-refractivity contribution in [1.29, 1.82) is 0 Å². The number of benzene rings is 1. The smallest absolute Gasteiger partial charge is 0.317 e. The largest absolute Gasteiger partial charge is 0.493 e. The second-order valence-electron chi connectivity index (χ2n) is 12.1. The van der Waals surface area contributed by atoms with Gasteiger partial charge in [-0.25, -0.2) is 0 Å². The Morgan fingerprint density at radius 3 is 2.79 bits per heavy atom. The van der Waals surface area contributed by atoms with E-state index in [-0.39, 0.29) is 29.4 Å². The molecule has 1 heterocycles. The average molecular weight is 468 g/mol. The fraction of sp³-hybridized carbons (Fsp3) is 0.750. The molecule has 7 aliphatic rings. The van der Waals surface area contributed by atoms with E-state index >= 15 is 0 Å². The van der Waals surface area contributed by atoms with Crippen LogP contribution in [-0.2, 0) is 21.4 Å². The van der Waals surface area contributed by atoms with Gasteiger partial charge in [-0.2, -0.15) is 0 Å². The molecule has 6 heteroatoms. The highest BCUT2D eigenvalue weighted by Gasteiger charge is 2.80. The van der Waals surface area contributed by atoms with E-state index in [0.29, 0.717) is 12.5 Å². The lowest BCUT2D eigenvalue weighted by atomic mass is 9.31. The standard InChI is InChI=1S/C28H37NO5/c1-32-21-6-5-18-12-20-17(11-16-3-4-16)7-8-27-23(18)24(21)34-25(27)28(33-2)10-9-26(20,27)13-19(28)14-29-15-22(30)31/h5-6,16-17,19-20,25,29H,3-4,7-15H2,1-2H3,(H,30,31). The number of hydrogen-bond acceptors (Lipinski definition) is 5. The monoisotopic (exact) mass is 467 g/mol. The van der Waals surface area contributed by atoms with Crippen LogP contribution >= 0.6 is 0 Å². The van der Waals surface area contributed by atoms with E-state index in [0.717, 1.165) is 42.6 Å². The number of nitrogens with one attached hydrogen (secondary N) is 1. The molecule has 6 nitrogen and oxygen atoms in total. The molecule has 34 heavy (non-hydrogen) atoms. The molecule has 6 aliphatic carbocycles. The van der Waals surface area contributed by atoms with Crippen molar-refractivity contribution in [3.63, 3.8) is 0 Å². The van der Waals surface area contributed by atoms with Crippen molar-refractivity contribution in [3.05, 3.63) is 23.3 Å². The molecule has 5 saturated carbocycles. The molecule has 8 rings (SSSR count). The summed E-state index contributed by atoms with van der Waals surface area (Å²) in [6.07, 6.45) is 11.1. The SMILES string of the molecule is COc1ccc2c3c1OC1C4(OC)CCC5(CC4CNCC(=O)O)C(C2)C(CC2CC2)CCC315. The fourth-order valence-corrected chi connectivity index (χ4v) is 9.88. The van der Waals surface area contributed by atoms with Crippen molar-refractivity contribution in [2.75, 3.05) is 27.3 Å². The molecular weight excluding hydrogens is 430 g/mol. The summed E-state index contributed by atoms with van der Waals surface area (Å²) >= 11 is 0. The molecule has 0 amide bonds. The van der Waals surface area contributed by atoms with E-state index in [1.807, 2.05) is 7.11 Å². The Bertz CT molecular complexity index is 1040. The molecule has 0 saturated heterocycles. The van der Waals surface area contributed by atoms with Crippen molar-refractivity contribution < 1.29 is 24.1 Å². The minimum atomic E-state index is -0.806. The van der Waals surface area contributed by atoms with Gasteiger partial charge < -0.3 is 24.6 Å². The molecule has 1 aliphatic heterocycles. The first-order chi connectivity index (χ1) is 16.5. The minimum absolute atomic E-state index is 0.00721. The van der Waals surface area contributed by atoms with E-state index in [4.69, 9.17) is 14.2 Å². The summed E-state index contributed by atoms with van der Waals surface area (Å²) < 4.78 is 19.3. The maximum Gasteiger partial charge on any atom is 0.317 e. The minimum Gasteiger partial charge on any atom is -0.493 e. The lowest BCUT2D eigenvalue weighted by Crippen LogP contribution is -2.78. The van der Waals surface area contributed by atoms with Gasteiger partial charge in [-0.15, -0.1) is 0 Å². The summed E-state index contributed by atoms with van der Waals surface area (Å²) in [5.41, 5.74) is 2.72. The van der Waals surface area contributed by atoms with Crippen LogP contribution in [0.4, 0.5) is 0 Å². The van der Waals surface area contributed by atoms with Gasteiger partial charge in [0.15, 0.2) is 11.5 Å². The molecule has 184 valence electrons. The van der Waals surface area contributed by atoms with Crippen molar-refractivity contribution in [2.45, 2.75) is 74.9 Å². The number of carboxylic acids is 1. The molecule has 0 radical (unpaired) electrons. The number of hydrogen-bond donors (Lipinski definition) is 2. The molecule has 7 atom stereocenters. The first-order valence-corrected chi connectivity index (χ1v) is 13.3. The predicted molar refractivity (Wildman–Crippen MR) is 126 cm³/mol. The Morgan fingerprint density at radius 2 is 2.06 bits per heavy atom. The highest BCUT2D eigenvalue weighted by Crippen LogP contribution is 2.79. The zero-order valence-corrected chi connectivity index (χ0v) is 20.4. The van der Waals surface area contributed by atoms with E-state index in [9.17, 15) is 9.90 Å². The van der Waals surface area contributed by atoms with Gasteiger partial charge in [-0.1, -0.05) is 18.9 Å². The van der Waals surface area contributed by atoms with E-state index < -0.39 is 11.6 Å². The van der Waals surface area contributed by atoms with E-state index in [1.165, 1.54) is 49.7 Å². The van der Waals surface area contributed by atoms with Gasteiger partial charge in [-0.05, 0) is 79.7 Å². The fourth-order valence-electron chi connectivity index (χ4n) is 9.88. The molecule has 4 bridgehead atoms. The van der Waals surface area contributed by atoms with E-state index in [1.54, 1.807) is 7.11 Å². The third-order valence-electron chi connectivity index (χ3n) is 11.2. The van der Waals surface area contributed by atoms with Gasteiger partial charge in [0.1, 0.15) is 11.7 Å². The Labute approximate surface area is 201 Å². The normalized spacial score (nSPS) is 42.8. The number of methoxy groups -OCH3 is 2. The Morgan fingerprint density at radius 1 is 1.21 bits per heavy atom. The molecular formula is C28H37NO5. The quantitative estimate of drug-likeness (QED) is 0.603. The maximum atomic E-state index is 11.3. The first kappa shape index (κ1) is 21.5. The summed E-state index contributed by atoms with van der Waals surface area (Å²) in [5.74, 6) is 3.67. The number of carbonyl (C=O) groups is 1. The molecule has 0 aromatic heterocycles. The van der Waals surface area contributed by atoms with Gasteiger partial charge in [0.05, 0.1) is 13.7 Å². The summed E-state index contributed by atoms with van der Waals surface area (Å²) in [6, 6.07) is 4.43. The van der Waals surface area contributed by atoms with Crippen LogP contribution in [0.3, 0.4) is 0 Å². The van der Waals surface area contributed by atoms with Gasteiger partial charge in [0, 0.05) is 30.6 Å². The number of ether oxygens (including phenoxy) is 3. The van der Waals surface area contributed by atoms with Gasteiger partial charge in [-0.3, -0.25) is 4.79 Å². The van der Waals surface area contributed by atoms with Gasteiger partial charge >= 0.3 is 5.97 Å². The Balaban J connectivity index is 1.39. The van der Waals surface area contributed by atoms with Crippen LogP contribution in [0.1, 0.15) is 62.5 Å². The highest BCUT2D eigenvalue weighted by molar-refractivity contribution is 5.69. The van der Waals surface area contributed by atoms with Crippen LogP contribution in [0.15, 0.2) is 12.1 Å². The maximum absolute atomic E-state index is 11.3. The van der Waals surface area contributed by atoms with Crippen LogP contribution in [0, 0.1) is 29.1 Å². The third kappa shape index (κ3) is 2.47. The third-order valence-corrected chi connectivity index (χ3v) is 11.2. The summed E-state index contributed by atoms with van der Waals surface area (Å²) in [7, 11) is 3.59. The number of aliphatic carboxylic acids is 1. The van der Waals surface area contributed by atoms with Crippen molar-refractivity contribution in [2.24, 2.45) is 29.1 Å². The van der Waals surface area contributed by atoms with Crippen molar-refractivity contribution in [3.8, 4) is 11.5 Å². The number of rotatable bonds is 8. The van der Waals surface area contributed by atoms with E-state index in [2.05, 4.69) is 17.4 Å². The first-order valence-electron chi connectivity index (χ1n) is 13.3. The molecule has 7 unspecified atom stereocenters. The zero-order valence-electron chi connectivity index (χ0n) is 20.4. The summed E-state index contributed by atoms with van der Waals surface area (Å²) in [4.78, 5) is 11.3. The topological polar surface area (TPSA) is 77.0 Å². The Kier molecular flexibility index (Phi) is 4.51. The zero-order chi connectivity index (χ0) is 23.3. The van der Waals surface area contributed by atoms with Crippen molar-refractivity contribution in [1.82, 2.24) is 5.32 Å². The predicted octanol–water partition coefficient (Wildman–Crippen LogP) is 3.94. The molecule has 1 aromatic rings. The Hall–Kier alpha value is -1.79. The molecule has 1 aromatic carbocycles. The lowest BCUT2D eigenvalue weighted by Gasteiger charge is -2.73. The van der Waals surface area contributed by atoms with Crippen LogP contribution in [0.5, 0.6) is 11.5 Å². The number of fused-ring (bicyclic) bond motifs is 2. The molecule has 2 N–H and O–H groups in total. The second-order valence-corrected chi connectivity index (χ2v) is 12.1. The second kappa shape index (κ2) is 7.13. The molecule has 2 spiro atoms. The summed E-state index contributed by atoms with van der Waals surface area (Å²) in [6.45, 7) is 0.657. The van der Waals surface area contributed by atoms with Crippen molar-refractivity contribution >= 4 is 5.97 Å². The van der Waals surface area contributed by atoms with Gasteiger partial charge in [0.2, 0.25) is 0 Å². The van der Waals surface area contributed by atoms with Crippen LogP contribution in [0.2, 0.25) is 0 Å². The van der Waals surface area contributed by atoms with Gasteiger partial charge in [0.25, 0.3) is 0 Å². The molecule has 5 fully saturated rings. The summed E-state index contributed by atoms with van der Waals surface area (Å²) in [5, 5.41) is 12.5. The lowest BCUT2D eigenvalue weighted by molar-refractivity contribution is -0.278. The van der Waals surface area contributed by atoms with Crippen LogP contribution in [0.25, 0.3) is 0 Å². The highest BCUT2D eigenvalue weighted by atomic mass is 16.6. The average Bonchev–Trinajstić information content (AvgIpc) is 3.57.